The highest BCUT2D eigenvalue weighted by Gasteiger charge is 2.20. The molecular formula is C10H21N3O. The average Bonchev–Trinajstić information content (AvgIpc) is 2.52. The van der Waals surface area contributed by atoms with Crippen LogP contribution in [0.1, 0.15) is 26.2 Å². The molecule has 14 heavy (non-hydrogen) atoms. The number of nitrogens with zero attached hydrogens (tertiary/aromatic N) is 1. The molecule has 1 atom stereocenters. The van der Waals surface area contributed by atoms with E-state index in [4.69, 9.17) is 0 Å². The third-order valence-corrected chi connectivity index (χ3v) is 2.54. The van der Waals surface area contributed by atoms with Gasteiger partial charge in [-0.25, -0.2) is 4.79 Å². The fraction of sp³-hybridized carbons (Fsp3) is 0.900. The second-order valence-electron chi connectivity index (χ2n) is 4.00. The number of unbranched alkanes of at least 4 members (excludes halogenated alkanes) is 1. The van der Waals surface area contributed by atoms with Crippen LogP contribution in [0.5, 0.6) is 0 Å². The van der Waals surface area contributed by atoms with Gasteiger partial charge < -0.3 is 15.5 Å². The molecule has 1 rings (SSSR count). The van der Waals surface area contributed by atoms with Crippen molar-refractivity contribution in [3.8, 4) is 0 Å². The maximum atomic E-state index is 11.3. The third kappa shape index (κ3) is 3.96. The lowest BCUT2D eigenvalue weighted by Gasteiger charge is -2.13. The van der Waals surface area contributed by atoms with Crippen LogP contribution < -0.4 is 10.6 Å². The first-order valence-corrected chi connectivity index (χ1v) is 5.45. The van der Waals surface area contributed by atoms with E-state index in [1.54, 1.807) is 0 Å². The monoisotopic (exact) mass is 199 g/mol. The van der Waals surface area contributed by atoms with Gasteiger partial charge in [0.2, 0.25) is 0 Å². The molecule has 0 spiro atoms. The van der Waals surface area contributed by atoms with E-state index in [9.17, 15) is 4.79 Å². The molecule has 0 aromatic carbocycles. The Morgan fingerprint density at radius 1 is 1.57 bits per heavy atom. The van der Waals surface area contributed by atoms with Crippen molar-refractivity contribution in [3.63, 3.8) is 0 Å². The van der Waals surface area contributed by atoms with Gasteiger partial charge in [0.15, 0.2) is 0 Å². The maximum absolute atomic E-state index is 11.3. The zero-order valence-electron chi connectivity index (χ0n) is 9.18. The Balaban J connectivity index is 2.08. The molecule has 0 aromatic heterocycles. The number of likely N-dealkylation sites (N-methyl/N-ethyl adjacent to an activating group) is 1. The highest BCUT2D eigenvalue weighted by atomic mass is 16.2. The lowest BCUT2D eigenvalue weighted by molar-refractivity contribution is 0.237. The largest absolute Gasteiger partial charge is 0.338 e. The van der Waals surface area contributed by atoms with Crippen LogP contribution in [0.2, 0.25) is 0 Å². The van der Waals surface area contributed by atoms with Crippen molar-refractivity contribution >= 4 is 6.03 Å². The smallest absolute Gasteiger partial charge is 0.315 e. The van der Waals surface area contributed by atoms with Crippen LogP contribution in [-0.4, -0.2) is 43.7 Å². The van der Waals surface area contributed by atoms with Gasteiger partial charge in [-0.1, -0.05) is 13.3 Å². The minimum absolute atomic E-state index is 0.0150. The van der Waals surface area contributed by atoms with Crippen molar-refractivity contribution in [2.75, 3.05) is 26.7 Å². The van der Waals surface area contributed by atoms with E-state index in [0.717, 1.165) is 38.9 Å². The lowest BCUT2D eigenvalue weighted by Crippen LogP contribution is -2.43. The Morgan fingerprint density at radius 3 is 2.93 bits per heavy atom. The van der Waals surface area contributed by atoms with Crippen molar-refractivity contribution in [2.24, 2.45) is 0 Å². The van der Waals surface area contributed by atoms with Crippen LogP contribution in [0.25, 0.3) is 0 Å². The molecule has 1 saturated heterocycles. The summed E-state index contributed by atoms with van der Waals surface area (Å²) in [4.78, 5) is 13.6. The molecule has 1 heterocycles. The van der Waals surface area contributed by atoms with Gasteiger partial charge >= 0.3 is 6.03 Å². The Labute approximate surface area is 86.0 Å². The van der Waals surface area contributed by atoms with Crippen LogP contribution in [0, 0.1) is 0 Å². The summed E-state index contributed by atoms with van der Waals surface area (Å²) in [5.41, 5.74) is 0. The summed E-state index contributed by atoms with van der Waals surface area (Å²) >= 11 is 0. The van der Waals surface area contributed by atoms with Gasteiger partial charge in [-0.15, -0.1) is 0 Å². The maximum Gasteiger partial charge on any atom is 0.315 e. The molecule has 4 heteroatoms. The molecule has 2 amide bonds. The Hall–Kier alpha value is -0.770. The normalized spacial score (nSPS) is 22.3. The SMILES string of the molecule is CCCCNC(=O)NC1CCN(C)C1. The van der Waals surface area contributed by atoms with E-state index in [-0.39, 0.29) is 6.03 Å². The predicted molar refractivity (Wildman–Crippen MR) is 57.3 cm³/mol. The number of nitrogens with one attached hydrogen (secondary N) is 2. The molecule has 0 saturated carbocycles. The van der Waals surface area contributed by atoms with Gasteiger partial charge in [0.25, 0.3) is 0 Å². The Bertz CT molecular complexity index is 184. The van der Waals surface area contributed by atoms with Crippen LogP contribution in [-0.2, 0) is 0 Å². The summed E-state index contributed by atoms with van der Waals surface area (Å²) in [5.74, 6) is 0. The predicted octanol–water partition coefficient (Wildman–Crippen LogP) is 0.790. The number of amides is 2. The standard InChI is InChI=1S/C10H21N3O/c1-3-4-6-11-10(14)12-9-5-7-13(2)8-9/h9H,3-8H2,1-2H3,(H2,11,12,14). The highest BCUT2D eigenvalue weighted by Crippen LogP contribution is 2.05. The van der Waals surface area contributed by atoms with Gasteiger partial charge in [-0.05, 0) is 26.4 Å². The molecule has 4 nitrogen and oxygen atoms in total. The number of urea groups is 1. The first kappa shape index (κ1) is 11.3. The number of hydrogen-bond acceptors (Lipinski definition) is 2. The Kier molecular flexibility index (Phi) is 4.73. The average molecular weight is 199 g/mol. The zero-order valence-corrected chi connectivity index (χ0v) is 9.18. The van der Waals surface area contributed by atoms with Gasteiger partial charge in [0.05, 0.1) is 0 Å². The van der Waals surface area contributed by atoms with Crippen LogP contribution in [0.3, 0.4) is 0 Å². The molecule has 1 fully saturated rings. The molecule has 82 valence electrons. The van der Waals surface area contributed by atoms with E-state index in [1.807, 2.05) is 0 Å². The fourth-order valence-corrected chi connectivity index (χ4v) is 1.67. The summed E-state index contributed by atoms with van der Waals surface area (Å²) in [6.45, 7) is 4.96. The summed E-state index contributed by atoms with van der Waals surface area (Å²) in [5, 5.41) is 5.83. The summed E-state index contributed by atoms with van der Waals surface area (Å²) in [7, 11) is 2.08. The zero-order chi connectivity index (χ0) is 10.4. The molecule has 1 unspecified atom stereocenters. The molecule has 1 aliphatic heterocycles. The lowest BCUT2D eigenvalue weighted by atomic mass is 10.3. The van der Waals surface area contributed by atoms with E-state index in [2.05, 4.69) is 29.5 Å². The van der Waals surface area contributed by atoms with Crippen molar-refractivity contribution in [1.82, 2.24) is 15.5 Å². The number of rotatable bonds is 4. The highest BCUT2D eigenvalue weighted by molar-refractivity contribution is 5.74. The van der Waals surface area contributed by atoms with Crippen molar-refractivity contribution in [2.45, 2.75) is 32.2 Å². The van der Waals surface area contributed by atoms with Crippen molar-refractivity contribution in [1.29, 1.82) is 0 Å². The van der Waals surface area contributed by atoms with Crippen molar-refractivity contribution < 1.29 is 4.79 Å². The summed E-state index contributed by atoms with van der Waals surface area (Å²) in [6, 6.07) is 0.320. The van der Waals surface area contributed by atoms with E-state index in [1.165, 1.54) is 0 Å². The Morgan fingerprint density at radius 2 is 2.36 bits per heavy atom. The van der Waals surface area contributed by atoms with Crippen LogP contribution in [0.4, 0.5) is 4.79 Å². The van der Waals surface area contributed by atoms with Gasteiger partial charge in [0.1, 0.15) is 0 Å². The fourth-order valence-electron chi connectivity index (χ4n) is 1.67. The molecule has 1 aliphatic rings. The molecule has 0 radical (unpaired) electrons. The number of hydrogen-bond donors (Lipinski definition) is 2. The minimum atomic E-state index is -0.0150. The van der Waals surface area contributed by atoms with Crippen molar-refractivity contribution in [3.05, 3.63) is 0 Å². The second kappa shape index (κ2) is 5.86. The van der Waals surface area contributed by atoms with E-state index >= 15 is 0 Å². The number of carbonyl (C=O) groups is 1. The molecule has 2 N–H and O–H groups in total. The molecule has 0 bridgehead atoms. The van der Waals surface area contributed by atoms with E-state index in [0.29, 0.717) is 6.04 Å². The minimum Gasteiger partial charge on any atom is -0.338 e. The molecule has 0 aromatic rings. The number of carbonyl (C=O) groups excluding carboxylic acids is 1. The topological polar surface area (TPSA) is 44.4 Å². The number of likely N-dealkylation sites (tertiary alicyclic amines) is 1. The van der Waals surface area contributed by atoms with Crippen LogP contribution in [0.15, 0.2) is 0 Å². The second-order valence-corrected chi connectivity index (χ2v) is 4.00. The first-order valence-electron chi connectivity index (χ1n) is 5.45. The van der Waals surface area contributed by atoms with Crippen LogP contribution >= 0.6 is 0 Å². The quantitative estimate of drug-likeness (QED) is 0.657. The van der Waals surface area contributed by atoms with E-state index < -0.39 is 0 Å². The third-order valence-electron chi connectivity index (χ3n) is 2.54. The summed E-state index contributed by atoms with van der Waals surface area (Å²) < 4.78 is 0. The van der Waals surface area contributed by atoms with Gasteiger partial charge in [0, 0.05) is 19.1 Å². The first-order chi connectivity index (χ1) is 6.72. The molecular weight excluding hydrogens is 178 g/mol. The summed E-state index contributed by atoms with van der Waals surface area (Å²) in [6.07, 6.45) is 3.24. The van der Waals surface area contributed by atoms with Gasteiger partial charge in [-0.3, -0.25) is 0 Å². The van der Waals surface area contributed by atoms with Gasteiger partial charge in [-0.2, -0.15) is 0 Å². The molecule has 0 aliphatic carbocycles.